The normalized spacial score (nSPS) is 10.5. The molecule has 0 unspecified atom stereocenters. The van der Waals surface area contributed by atoms with E-state index in [0.29, 0.717) is 10.8 Å². The summed E-state index contributed by atoms with van der Waals surface area (Å²) in [6, 6.07) is 7.32. The van der Waals surface area contributed by atoms with Crippen molar-refractivity contribution >= 4 is 28.2 Å². The maximum Gasteiger partial charge on any atom is 0.230 e. The van der Waals surface area contributed by atoms with Gasteiger partial charge in [-0.25, -0.2) is 9.67 Å². The molecule has 0 saturated heterocycles. The lowest BCUT2D eigenvalue weighted by Crippen LogP contribution is -2.14. The van der Waals surface area contributed by atoms with E-state index in [1.54, 1.807) is 5.38 Å². The summed E-state index contributed by atoms with van der Waals surface area (Å²) in [5, 5.41) is 15.7. The van der Waals surface area contributed by atoms with Gasteiger partial charge in [0.05, 0.1) is 12.1 Å². The number of anilines is 1. The molecule has 116 valence electrons. The highest BCUT2D eigenvalue weighted by atomic mass is 32.1. The van der Waals surface area contributed by atoms with Gasteiger partial charge in [0, 0.05) is 12.3 Å². The summed E-state index contributed by atoms with van der Waals surface area (Å²) in [6.45, 7) is 1.44. The summed E-state index contributed by atoms with van der Waals surface area (Å²) in [5.74, 6) is -0.315. The van der Waals surface area contributed by atoms with Gasteiger partial charge in [0.25, 0.3) is 0 Å². The minimum Gasteiger partial charge on any atom is -0.302 e. The molecule has 1 amide bonds. The minimum atomic E-state index is -0.190. The van der Waals surface area contributed by atoms with Crippen molar-refractivity contribution in [1.29, 1.82) is 0 Å². The van der Waals surface area contributed by atoms with Crippen LogP contribution >= 0.6 is 11.3 Å². The van der Waals surface area contributed by atoms with E-state index in [0.717, 1.165) is 11.3 Å². The molecule has 2 aromatic heterocycles. The molecule has 0 aliphatic rings. The largest absolute Gasteiger partial charge is 0.302 e. The topological polar surface area (TPSA) is 103 Å². The van der Waals surface area contributed by atoms with Crippen LogP contribution in [-0.4, -0.2) is 36.9 Å². The number of hydrogen-bond donors (Lipinski definition) is 1. The Kier molecular flexibility index (Phi) is 4.20. The second-order valence-corrected chi connectivity index (χ2v) is 5.60. The summed E-state index contributed by atoms with van der Waals surface area (Å²) in [4.78, 5) is 27.2. The number of benzene rings is 1. The van der Waals surface area contributed by atoms with Crippen molar-refractivity contribution in [3.63, 3.8) is 0 Å². The second kappa shape index (κ2) is 6.44. The monoisotopic (exact) mass is 328 g/mol. The van der Waals surface area contributed by atoms with Crippen molar-refractivity contribution in [1.82, 2.24) is 25.2 Å². The van der Waals surface area contributed by atoms with Gasteiger partial charge in [-0.1, -0.05) is 12.1 Å². The fraction of sp³-hybridized carbons (Fsp3) is 0.143. The van der Waals surface area contributed by atoms with Gasteiger partial charge in [-0.3, -0.25) is 9.59 Å². The lowest BCUT2D eigenvalue weighted by Gasteiger charge is -2.04. The number of nitrogens with zero attached hydrogens (tertiary/aromatic N) is 5. The van der Waals surface area contributed by atoms with E-state index < -0.39 is 0 Å². The number of tetrazole rings is 1. The van der Waals surface area contributed by atoms with Gasteiger partial charge in [0.15, 0.2) is 10.9 Å². The maximum atomic E-state index is 12.0. The zero-order valence-electron chi connectivity index (χ0n) is 12.1. The Morgan fingerprint density at radius 3 is 2.65 bits per heavy atom. The molecule has 0 aliphatic heterocycles. The maximum absolute atomic E-state index is 12.0. The van der Waals surface area contributed by atoms with Gasteiger partial charge in [0.2, 0.25) is 5.91 Å². The van der Waals surface area contributed by atoms with Crippen molar-refractivity contribution in [2.45, 2.75) is 13.3 Å². The first-order chi connectivity index (χ1) is 11.1. The lowest BCUT2D eigenvalue weighted by molar-refractivity contribution is -0.115. The number of nitrogens with one attached hydrogen (secondary N) is 1. The molecule has 3 aromatic rings. The van der Waals surface area contributed by atoms with E-state index in [1.165, 1.54) is 29.3 Å². The van der Waals surface area contributed by atoms with E-state index in [9.17, 15) is 9.59 Å². The van der Waals surface area contributed by atoms with Crippen LogP contribution in [0.4, 0.5) is 5.13 Å². The quantitative estimate of drug-likeness (QED) is 0.712. The number of rotatable bonds is 5. The smallest absolute Gasteiger partial charge is 0.230 e. The molecule has 8 nitrogen and oxygen atoms in total. The first-order valence-corrected chi connectivity index (χ1v) is 7.58. The number of aromatic nitrogens is 5. The number of amides is 1. The summed E-state index contributed by atoms with van der Waals surface area (Å²) in [6.07, 6.45) is 1.71. The van der Waals surface area contributed by atoms with Crippen LogP contribution in [-0.2, 0) is 11.2 Å². The molecule has 0 bridgehead atoms. The zero-order valence-corrected chi connectivity index (χ0v) is 12.9. The molecule has 1 N–H and O–H groups in total. The molecule has 2 heterocycles. The summed E-state index contributed by atoms with van der Waals surface area (Å²) < 4.78 is 1.53. The Morgan fingerprint density at radius 1 is 1.26 bits per heavy atom. The fourth-order valence-corrected chi connectivity index (χ4v) is 2.65. The van der Waals surface area contributed by atoms with Gasteiger partial charge in [-0.05, 0) is 28.1 Å². The molecule has 0 aliphatic carbocycles. The van der Waals surface area contributed by atoms with Crippen molar-refractivity contribution in [3.8, 4) is 5.69 Å². The number of ketones is 1. The molecular formula is C14H12N6O2S. The first kappa shape index (κ1) is 15.0. The van der Waals surface area contributed by atoms with E-state index >= 15 is 0 Å². The van der Waals surface area contributed by atoms with E-state index in [-0.39, 0.29) is 18.1 Å². The van der Waals surface area contributed by atoms with Crippen LogP contribution in [0.3, 0.4) is 0 Å². The summed E-state index contributed by atoms with van der Waals surface area (Å²) >= 11 is 1.23. The molecular weight excluding hydrogens is 316 g/mol. The van der Waals surface area contributed by atoms with Gasteiger partial charge in [-0.2, -0.15) is 0 Å². The Hall–Kier alpha value is -2.94. The number of thiazole rings is 1. The summed E-state index contributed by atoms with van der Waals surface area (Å²) in [7, 11) is 0. The molecule has 0 radical (unpaired) electrons. The van der Waals surface area contributed by atoms with E-state index in [2.05, 4.69) is 25.8 Å². The van der Waals surface area contributed by atoms with Crippen molar-refractivity contribution in [3.05, 3.63) is 47.2 Å². The highest BCUT2D eigenvalue weighted by Crippen LogP contribution is 2.16. The number of hydrogen-bond acceptors (Lipinski definition) is 7. The first-order valence-electron chi connectivity index (χ1n) is 6.70. The predicted molar refractivity (Wildman–Crippen MR) is 83.6 cm³/mol. The van der Waals surface area contributed by atoms with Crippen LogP contribution in [0.5, 0.6) is 0 Å². The van der Waals surface area contributed by atoms with Gasteiger partial charge >= 0.3 is 0 Å². The highest BCUT2D eigenvalue weighted by Gasteiger charge is 2.10. The molecule has 0 saturated carbocycles. The van der Waals surface area contributed by atoms with Crippen LogP contribution in [0.2, 0.25) is 0 Å². The fourth-order valence-electron chi connectivity index (χ4n) is 1.89. The predicted octanol–water partition coefficient (Wildman–Crippen LogP) is 1.50. The van der Waals surface area contributed by atoms with Crippen LogP contribution in [0.25, 0.3) is 5.69 Å². The zero-order chi connectivity index (χ0) is 16.2. The Bertz CT molecular complexity index is 825. The molecule has 3 rings (SSSR count). The second-order valence-electron chi connectivity index (χ2n) is 4.74. The highest BCUT2D eigenvalue weighted by molar-refractivity contribution is 7.14. The molecule has 0 fully saturated rings. The van der Waals surface area contributed by atoms with Gasteiger partial charge in [0.1, 0.15) is 12.0 Å². The van der Waals surface area contributed by atoms with Crippen molar-refractivity contribution in [2.75, 3.05) is 5.32 Å². The van der Waals surface area contributed by atoms with E-state index in [1.807, 2.05) is 24.3 Å². The molecule has 0 atom stereocenters. The molecule has 9 heteroatoms. The Labute approximate surface area is 135 Å². The third-order valence-corrected chi connectivity index (χ3v) is 3.78. The van der Waals surface area contributed by atoms with Crippen molar-refractivity contribution < 1.29 is 9.59 Å². The van der Waals surface area contributed by atoms with Crippen LogP contribution < -0.4 is 5.32 Å². The average Bonchev–Trinajstić information content (AvgIpc) is 3.19. The van der Waals surface area contributed by atoms with Gasteiger partial charge < -0.3 is 5.32 Å². The average molecular weight is 328 g/mol. The number of Topliss-reactive ketones (excluding diaryl/α,β-unsaturated/α-hetero) is 1. The third-order valence-electron chi connectivity index (χ3n) is 3.03. The SMILES string of the molecule is CC(=O)c1csc(NC(=O)Cc2ccc(-n3cnnn3)cc2)n1. The Balaban J connectivity index is 1.62. The minimum absolute atomic E-state index is 0.125. The lowest BCUT2D eigenvalue weighted by atomic mass is 10.1. The molecule has 23 heavy (non-hydrogen) atoms. The van der Waals surface area contributed by atoms with Crippen LogP contribution in [0, 0.1) is 0 Å². The standard InChI is InChI=1S/C14H12N6O2S/c1-9(21)12-7-23-14(16-12)17-13(22)6-10-2-4-11(5-3-10)20-8-15-18-19-20/h2-5,7-8H,6H2,1H3,(H,16,17,22). The molecule has 1 aromatic carbocycles. The number of carbonyl (C=O) groups excluding carboxylic acids is 2. The third kappa shape index (κ3) is 3.64. The summed E-state index contributed by atoms with van der Waals surface area (Å²) in [5.41, 5.74) is 2.02. The van der Waals surface area contributed by atoms with Crippen LogP contribution in [0.1, 0.15) is 23.0 Å². The van der Waals surface area contributed by atoms with Crippen molar-refractivity contribution in [2.24, 2.45) is 0 Å². The van der Waals surface area contributed by atoms with E-state index in [4.69, 9.17) is 0 Å². The Morgan fingerprint density at radius 2 is 2.04 bits per heavy atom. The van der Waals surface area contributed by atoms with Gasteiger partial charge in [-0.15, -0.1) is 16.4 Å². The van der Waals surface area contributed by atoms with Crippen LogP contribution in [0.15, 0.2) is 36.0 Å². The number of carbonyl (C=O) groups is 2. The molecule has 0 spiro atoms.